The van der Waals surface area contributed by atoms with E-state index in [-0.39, 0.29) is 36.4 Å². The Morgan fingerprint density at radius 1 is 0.909 bits per heavy atom. The predicted octanol–water partition coefficient (Wildman–Crippen LogP) is 4.87. The van der Waals surface area contributed by atoms with E-state index in [1.54, 1.807) is 18.2 Å². The SMILES string of the molecule is COc1ccc(N(CC(=O)N(Cc2ccc(C)cc2)[C@@H](Cc2ccccc2)C(=O)NC2CCCCC2)S(C)(=O)=O)c(OC)c1. The van der Waals surface area contributed by atoms with Crippen molar-refractivity contribution in [1.29, 1.82) is 0 Å². The van der Waals surface area contributed by atoms with Gasteiger partial charge in [-0.1, -0.05) is 79.4 Å². The van der Waals surface area contributed by atoms with Gasteiger partial charge in [0, 0.05) is 25.1 Å². The molecule has 0 aromatic heterocycles. The van der Waals surface area contributed by atoms with Crippen LogP contribution in [0.2, 0.25) is 0 Å². The number of anilines is 1. The Hall–Kier alpha value is -4.05. The van der Waals surface area contributed by atoms with Gasteiger partial charge in [-0.05, 0) is 43.0 Å². The van der Waals surface area contributed by atoms with E-state index in [1.165, 1.54) is 19.1 Å². The molecule has 2 amide bonds. The van der Waals surface area contributed by atoms with Crippen molar-refractivity contribution in [3.05, 3.63) is 89.5 Å². The van der Waals surface area contributed by atoms with Crippen molar-refractivity contribution in [2.45, 2.75) is 64.1 Å². The summed E-state index contributed by atoms with van der Waals surface area (Å²) in [6.45, 7) is 1.59. The standard InChI is InChI=1S/C34H43N3O6S/c1-25-15-17-27(18-16-25)23-36(31(21-26-11-7-5-8-12-26)34(39)35-28-13-9-6-10-14-28)33(38)24-37(44(4,40)41)30-20-19-29(42-2)22-32(30)43-3/h5,7-8,11-12,15-20,22,28,31H,6,9-10,13-14,21,23-24H2,1-4H3,(H,35,39)/t31-/m0/s1. The first kappa shape index (κ1) is 32.9. The number of hydrogen-bond acceptors (Lipinski definition) is 6. The number of aryl methyl sites for hydroxylation is 1. The lowest BCUT2D eigenvalue weighted by atomic mass is 9.94. The van der Waals surface area contributed by atoms with Gasteiger partial charge >= 0.3 is 0 Å². The first-order valence-corrected chi connectivity index (χ1v) is 16.8. The molecule has 1 aliphatic rings. The number of amides is 2. The predicted molar refractivity (Wildman–Crippen MR) is 172 cm³/mol. The molecule has 0 radical (unpaired) electrons. The van der Waals surface area contributed by atoms with E-state index >= 15 is 0 Å². The number of benzene rings is 3. The van der Waals surface area contributed by atoms with Crippen LogP contribution in [0.1, 0.15) is 48.8 Å². The van der Waals surface area contributed by atoms with E-state index in [2.05, 4.69) is 5.32 Å². The minimum absolute atomic E-state index is 0.0435. The second-order valence-corrected chi connectivity index (χ2v) is 13.3. The van der Waals surface area contributed by atoms with E-state index in [4.69, 9.17) is 9.47 Å². The number of methoxy groups -OCH3 is 2. The van der Waals surface area contributed by atoms with Gasteiger partial charge < -0.3 is 19.7 Å². The minimum atomic E-state index is -3.94. The Bertz CT molecular complexity index is 1510. The van der Waals surface area contributed by atoms with Crippen LogP contribution in [0.4, 0.5) is 5.69 Å². The smallest absolute Gasteiger partial charge is 0.244 e. The molecule has 44 heavy (non-hydrogen) atoms. The topological polar surface area (TPSA) is 105 Å². The normalized spacial score (nSPS) is 14.4. The molecule has 0 unspecified atom stereocenters. The summed E-state index contributed by atoms with van der Waals surface area (Å²) in [5, 5.41) is 3.22. The van der Waals surface area contributed by atoms with Crippen LogP contribution in [-0.4, -0.2) is 64.2 Å². The molecule has 3 aromatic rings. The summed E-state index contributed by atoms with van der Waals surface area (Å²) in [6, 6.07) is 21.2. The first-order valence-electron chi connectivity index (χ1n) is 15.0. The molecule has 0 aliphatic heterocycles. The lowest BCUT2D eigenvalue weighted by Gasteiger charge is -2.35. The number of carbonyl (C=O) groups is 2. The number of carbonyl (C=O) groups excluding carboxylic acids is 2. The summed E-state index contributed by atoms with van der Waals surface area (Å²) in [5.41, 5.74) is 3.00. The van der Waals surface area contributed by atoms with Crippen LogP contribution < -0.4 is 19.1 Å². The Balaban J connectivity index is 1.74. The second-order valence-electron chi connectivity index (χ2n) is 11.4. The van der Waals surface area contributed by atoms with Gasteiger partial charge in [0.1, 0.15) is 24.1 Å². The number of nitrogens with zero attached hydrogens (tertiary/aromatic N) is 2. The number of rotatable bonds is 13. The van der Waals surface area contributed by atoms with Gasteiger partial charge in [0.15, 0.2) is 0 Å². The van der Waals surface area contributed by atoms with Crippen LogP contribution in [-0.2, 0) is 32.6 Å². The van der Waals surface area contributed by atoms with Crippen LogP contribution in [0.25, 0.3) is 0 Å². The maximum Gasteiger partial charge on any atom is 0.244 e. The van der Waals surface area contributed by atoms with Crippen LogP contribution in [0.15, 0.2) is 72.8 Å². The summed E-state index contributed by atoms with van der Waals surface area (Å²) in [5.74, 6) is -0.0278. The summed E-state index contributed by atoms with van der Waals surface area (Å²) in [7, 11) is -1.01. The second kappa shape index (κ2) is 15.1. The molecular formula is C34H43N3O6S. The largest absolute Gasteiger partial charge is 0.497 e. The Morgan fingerprint density at radius 3 is 2.20 bits per heavy atom. The highest BCUT2D eigenvalue weighted by atomic mass is 32.2. The minimum Gasteiger partial charge on any atom is -0.497 e. The van der Waals surface area contributed by atoms with Gasteiger partial charge in [-0.15, -0.1) is 0 Å². The quantitative estimate of drug-likeness (QED) is 0.292. The van der Waals surface area contributed by atoms with Crippen molar-refractivity contribution in [2.24, 2.45) is 0 Å². The molecular weight excluding hydrogens is 578 g/mol. The van der Waals surface area contributed by atoms with Crippen LogP contribution in [0.3, 0.4) is 0 Å². The van der Waals surface area contributed by atoms with Gasteiger partial charge in [0.2, 0.25) is 21.8 Å². The molecule has 9 nitrogen and oxygen atoms in total. The summed E-state index contributed by atoms with van der Waals surface area (Å²) < 4.78 is 38.1. The molecule has 0 bridgehead atoms. The third-order valence-electron chi connectivity index (χ3n) is 8.03. The summed E-state index contributed by atoms with van der Waals surface area (Å²) in [4.78, 5) is 29.9. The van der Waals surface area contributed by atoms with Crippen LogP contribution in [0, 0.1) is 6.92 Å². The van der Waals surface area contributed by atoms with Gasteiger partial charge in [-0.25, -0.2) is 8.42 Å². The zero-order valence-corrected chi connectivity index (χ0v) is 26.8. The zero-order valence-electron chi connectivity index (χ0n) is 26.0. The maximum absolute atomic E-state index is 14.4. The monoisotopic (exact) mass is 621 g/mol. The molecule has 1 N–H and O–H groups in total. The molecule has 1 saturated carbocycles. The van der Waals surface area contributed by atoms with Crippen LogP contribution in [0.5, 0.6) is 11.5 Å². The van der Waals surface area contributed by atoms with Gasteiger partial charge in [-0.3, -0.25) is 13.9 Å². The summed E-state index contributed by atoms with van der Waals surface area (Å²) in [6.07, 6.45) is 6.37. The molecule has 0 saturated heterocycles. The number of hydrogen-bond donors (Lipinski definition) is 1. The van der Waals surface area contributed by atoms with E-state index in [0.717, 1.165) is 59.4 Å². The van der Waals surface area contributed by atoms with Crippen molar-refractivity contribution in [3.63, 3.8) is 0 Å². The van der Waals surface area contributed by atoms with E-state index < -0.39 is 28.5 Å². The van der Waals surface area contributed by atoms with Crippen molar-refractivity contribution in [3.8, 4) is 11.5 Å². The molecule has 1 aliphatic carbocycles. The molecule has 1 atom stereocenters. The van der Waals surface area contributed by atoms with Gasteiger partial charge in [0.25, 0.3) is 0 Å². The van der Waals surface area contributed by atoms with Gasteiger partial charge in [0.05, 0.1) is 26.2 Å². The average Bonchev–Trinajstić information content (AvgIpc) is 3.02. The molecule has 3 aromatic carbocycles. The zero-order chi connectivity index (χ0) is 31.7. The molecule has 236 valence electrons. The van der Waals surface area contributed by atoms with E-state index in [1.807, 2.05) is 61.5 Å². The molecule has 0 heterocycles. The van der Waals surface area contributed by atoms with E-state index in [9.17, 15) is 18.0 Å². The summed E-state index contributed by atoms with van der Waals surface area (Å²) >= 11 is 0. The maximum atomic E-state index is 14.4. The number of sulfonamides is 1. The average molecular weight is 622 g/mol. The Kier molecular flexibility index (Phi) is 11.3. The van der Waals surface area contributed by atoms with Crippen molar-refractivity contribution in [1.82, 2.24) is 10.2 Å². The highest BCUT2D eigenvalue weighted by Crippen LogP contribution is 2.34. The Labute approximate surface area is 261 Å². The van der Waals surface area contributed by atoms with Crippen molar-refractivity contribution >= 4 is 27.5 Å². The fourth-order valence-electron chi connectivity index (χ4n) is 5.57. The molecule has 4 rings (SSSR count). The highest BCUT2D eigenvalue weighted by molar-refractivity contribution is 7.92. The lowest BCUT2D eigenvalue weighted by molar-refractivity contribution is -0.140. The third kappa shape index (κ3) is 8.75. The van der Waals surface area contributed by atoms with Crippen LogP contribution >= 0.6 is 0 Å². The number of ether oxygens (including phenoxy) is 2. The fraction of sp³-hybridized carbons (Fsp3) is 0.412. The third-order valence-corrected chi connectivity index (χ3v) is 9.16. The van der Waals surface area contributed by atoms with E-state index in [0.29, 0.717) is 5.75 Å². The van der Waals surface area contributed by atoms with Crippen molar-refractivity contribution in [2.75, 3.05) is 31.3 Å². The van der Waals surface area contributed by atoms with Gasteiger partial charge in [-0.2, -0.15) is 0 Å². The molecule has 0 spiro atoms. The number of nitrogens with one attached hydrogen (secondary N) is 1. The molecule has 10 heteroatoms. The fourth-order valence-corrected chi connectivity index (χ4v) is 6.43. The Morgan fingerprint density at radius 2 is 1.59 bits per heavy atom. The molecule has 1 fully saturated rings. The first-order chi connectivity index (χ1) is 21.1. The highest BCUT2D eigenvalue weighted by Gasteiger charge is 2.34. The lowest BCUT2D eigenvalue weighted by Crippen LogP contribution is -2.55. The van der Waals surface area contributed by atoms with Crippen molar-refractivity contribution < 1.29 is 27.5 Å².